The highest BCUT2D eigenvalue weighted by Crippen LogP contribution is 2.26. The molecule has 1 atom stereocenters. The van der Waals surface area contributed by atoms with Crippen molar-refractivity contribution in [3.05, 3.63) is 76.7 Å². The smallest absolute Gasteiger partial charge is 0.319 e. The van der Waals surface area contributed by atoms with Gasteiger partial charge >= 0.3 is 6.03 Å². The van der Waals surface area contributed by atoms with Gasteiger partial charge in [-0.2, -0.15) is 0 Å². The Balaban J connectivity index is 1.60. The standard InChI is InChI=1S/C22H25FN2O/c1-2-21(19-11-10-17-7-3-4-8-18(17)15-19)25-22(26)24-13-12-16-6-5-9-20(23)14-16/h5-6,9-15,21H,2-4,7-8H2,1H3,(H2,24,25,26)/b13-12+. The Bertz CT molecular complexity index is 800. The lowest BCUT2D eigenvalue weighted by atomic mass is 9.89. The monoisotopic (exact) mass is 352 g/mol. The number of rotatable bonds is 5. The lowest BCUT2D eigenvalue weighted by Crippen LogP contribution is -2.35. The van der Waals surface area contributed by atoms with E-state index in [2.05, 4.69) is 35.8 Å². The van der Waals surface area contributed by atoms with Crippen LogP contribution in [0.5, 0.6) is 0 Å². The van der Waals surface area contributed by atoms with E-state index in [-0.39, 0.29) is 17.9 Å². The van der Waals surface area contributed by atoms with E-state index in [1.54, 1.807) is 18.2 Å². The number of carbonyl (C=O) groups is 1. The molecule has 0 bridgehead atoms. The minimum atomic E-state index is -0.296. The third-order valence-electron chi connectivity index (χ3n) is 4.83. The maximum Gasteiger partial charge on any atom is 0.319 e. The summed E-state index contributed by atoms with van der Waals surface area (Å²) in [7, 11) is 0. The second-order valence-corrected chi connectivity index (χ2v) is 6.70. The second kappa shape index (κ2) is 8.65. The van der Waals surface area contributed by atoms with E-state index >= 15 is 0 Å². The molecule has 1 aliphatic rings. The Morgan fingerprint density at radius 2 is 1.96 bits per heavy atom. The molecule has 2 amide bonds. The largest absolute Gasteiger partial charge is 0.331 e. The van der Waals surface area contributed by atoms with Crippen LogP contribution in [0.3, 0.4) is 0 Å². The topological polar surface area (TPSA) is 41.1 Å². The molecule has 1 aliphatic carbocycles. The number of hydrogen-bond donors (Lipinski definition) is 2. The van der Waals surface area contributed by atoms with Crippen LogP contribution in [-0.4, -0.2) is 6.03 Å². The average molecular weight is 352 g/mol. The first kappa shape index (κ1) is 18.2. The molecule has 0 spiro atoms. The van der Waals surface area contributed by atoms with Gasteiger partial charge in [0, 0.05) is 6.20 Å². The number of halogens is 1. The molecule has 1 unspecified atom stereocenters. The zero-order chi connectivity index (χ0) is 18.4. The van der Waals surface area contributed by atoms with Gasteiger partial charge in [0.25, 0.3) is 0 Å². The molecule has 0 heterocycles. The lowest BCUT2D eigenvalue weighted by Gasteiger charge is -2.21. The summed E-state index contributed by atoms with van der Waals surface area (Å²) >= 11 is 0. The number of carbonyl (C=O) groups excluding carboxylic acids is 1. The molecule has 2 aromatic carbocycles. The Morgan fingerprint density at radius 1 is 1.15 bits per heavy atom. The maximum absolute atomic E-state index is 13.1. The summed E-state index contributed by atoms with van der Waals surface area (Å²) in [4.78, 5) is 12.2. The molecule has 0 aliphatic heterocycles. The van der Waals surface area contributed by atoms with Gasteiger partial charge in [0.05, 0.1) is 6.04 Å². The first-order valence-corrected chi connectivity index (χ1v) is 9.26. The Labute approximate surface area is 154 Å². The molecule has 0 radical (unpaired) electrons. The van der Waals surface area contributed by atoms with E-state index in [9.17, 15) is 9.18 Å². The van der Waals surface area contributed by atoms with Crippen LogP contribution >= 0.6 is 0 Å². The summed E-state index contributed by atoms with van der Waals surface area (Å²) in [6.07, 6.45) is 8.81. The highest BCUT2D eigenvalue weighted by molar-refractivity contribution is 5.76. The third-order valence-corrected chi connectivity index (χ3v) is 4.83. The van der Waals surface area contributed by atoms with Gasteiger partial charge in [-0.1, -0.05) is 37.3 Å². The van der Waals surface area contributed by atoms with Crippen LogP contribution in [-0.2, 0) is 12.8 Å². The van der Waals surface area contributed by atoms with Gasteiger partial charge in [-0.3, -0.25) is 0 Å². The van der Waals surface area contributed by atoms with Crippen LogP contribution < -0.4 is 10.6 Å². The summed E-state index contributed by atoms with van der Waals surface area (Å²) in [6.45, 7) is 2.06. The van der Waals surface area contributed by atoms with Crippen molar-refractivity contribution < 1.29 is 9.18 Å². The zero-order valence-electron chi connectivity index (χ0n) is 15.1. The van der Waals surface area contributed by atoms with Crippen molar-refractivity contribution in [3.8, 4) is 0 Å². The Kier molecular flexibility index (Phi) is 6.05. The first-order valence-electron chi connectivity index (χ1n) is 9.26. The molecule has 3 nitrogen and oxygen atoms in total. The summed E-state index contributed by atoms with van der Waals surface area (Å²) in [5.41, 5.74) is 4.71. The summed E-state index contributed by atoms with van der Waals surface area (Å²) in [5.74, 6) is -0.296. The van der Waals surface area contributed by atoms with Gasteiger partial charge in [-0.05, 0) is 72.6 Å². The van der Waals surface area contributed by atoms with E-state index in [0.717, 1.165) is 24.8 Å². The van der Waals surface area contributed by atoms with E-state index in [0.29, 0.717) is 5.56 Å². The summed E-state index contributed by atoms with van der Waals surface area (Å²) in [5, 5.41) is 5.71. The van der Waals surface area contributed by atoms with Crippen molar-refractivity contribution in [2.45, 2.75) is 45.1 Å². The van der Waals surface area contributed by atoms with Gasteiger partial charge in [-0.15, -0.1) is 0 Å². The molecule has 0 saturated carbocycles. The number of aryl methyl sites for hydroxylation is 2. The van der Waals surface area contributed by atoms with E-state index in [1.807, 2.05) is 0 Å². The highest BCUT2D eigenvalue weighted by Gasteiger charge is 2.15. The van der Waals surface area contributed by atoms with E-state index in [1.165, 1.54) is 42.3 Å². The number of fused-ring (bicyclic) bond motifs is 1. The number of urea groups is 1. The van der Waals surface area contributed by atoms with Gasteiger partial charge in [0.2, 0.25) is 0 Å². The van der Waals surface area contributed by atoms with Crippen molar-refractivity contribution in [2.24, 2.45) is 0 Å². The van der Waals surface area contributed by atoms with Gasteiger partial charge < -0.3 is 10.6 Å². The molecule has 0 aromatic heterocycles. The average Bonchev–Trinajstić information content (AvgIpc) is 2.66. The van der Waals surface area contributed by atoms with Gasteiger partial charge in [0.1, 0.15) is 5.82 Å². The van der Waals surface area contributed by atoms with Crippen LogP contribution in [0, 0.1) is 5.82 Å². The van der Waals surface area contributed by atoms with Gasteiger partial charge in [-0.25, -0.2) is 9.18 Å². The molecule has 2 N–H and O–H groups in total. The highest BCUT2D eigenvalue weighted by atomic mass is 19.1. The minimum absolute atomic E-state index is 0.0233. The molecule has 136 valence electrons. The van der Waals surface area contributed by atoms with Crippen LogP contribution in [0.25, 0.3) is 6.08 Å². The Morgan fingerprint density at radius 3 is 2.73 bits per heavy atom. The fourth-order valence-corrected chi connectivity index (χ4v) is 3.41. The molecule has 26 heavy (non-hydrogen) atoms. The van der Waals surface area contributed by atoms with Gasteiger partial charge in [0.15, 0.2) is 0 Å². The summed E-state index contributed by atoms with van der Waals surface area (Å²) in [6, 6.07) is 12.5. The maximum atomic E-state index is 13.1. The molecule has 2 aromatic rings. The first-order chi connectivity index (χ1) is 12.7. The molecule has 0 fully saturated rings. The number of amides is 2. The van der Waals surface area contributed by atoms with E-state index < -0.39 is 0 Å². The number of benzene rings is 2. The predicted molar refractivity (Wildman–Crippen MR) is 103 cm³/mol. The van der Waals surface area contributed by atoms with Crippen molar-refractivity contribution in [1.29, 1.82) is 0 Å². The molecule has 4 heteroatoms. The number of nitrogens with one attached hydrogen (secondary N) is 2. The van der Waals surface area contributed by atoms with Crippen LogP contribution in [0.4, 0.5) is 9.18 Å². The Hall–Kier alpha value is -2.62. The van der Waals surface area contributed by atoms with Crippen molar-refractivity contribution in [2.75, 3.05) is 0 Å². The molecule has 0 saturated heterocycles. The fraction of sp³-hybridized carbons (Fsp3) is 0.318. The molecular formula is C22H25FN2O. The normalized spacial score (nSPS) is 14.7. The lowest BCUT2D eigenvalue weighted by molar-refractivity contribution is 0.240. The molecular weight excluding hydrogens is 327 g/mol. The number of hydrogen-bond acceptors (Lipinski definition) is 1. The fourth-order valence-electron chi connectivity index (χ4n) is 3.41. The van der Waals surface area contributed by atoms with Crippen LogP contribution in [0.2, 0.25) is 0 Å². The van der Waals surface area contributed by atoms with Crippen LogP contribution in [0.15, 0.2) is 48.7 Å². The van der Waals surface area contributed by atoms with Crippen LogP contribution in [0.1, 0.15) is 54.5 Å². The SMILES string of the molecule is CCC(NC(=O)N/C=C/c1cccc(F)c1)c1ccc2c(c1)CCCC2. The van der Waals surface area contributed by atoms with E-state index in [4.69, 9.17) is 0 Å². The van der Waals surface area contributed by atoms with Crippen molar-refractivity contribution >= 4 is 12.1 Å². The third kappa shape index (κ3) is 4.72. The minimum Gasteiger partial charge on any atom is -0.331 e. The second-order valence-electron chi connectivity index (χ2n) is 6.70. The van der Waals surface area contributed by atoms with Crippen molar-refractivity contribution in [1.82, 2.24) is 10.6 Å². The summed E-state index contributed by atoms with van der Waals surface area (Å²) < 4.78 is 13.1. The molecule has 3 rings (SSSR count). The van der Waals surface area contributed by atoms with Crippen molar-refractivity contribution in [3.63, 3.8) is 0 Å². The predicted octanol–water partition coefficient (Wildman–Crippen LogP) is 5.13. The quantitative estimate of drug-likeness (QED) is 0.770. The zero-order valence-corrected chi connectivity index (χ0v) is 15.1.